The molecule has 1 aliphatic rings. The van der Waals surface area contributed by atoms with Crippen LogP contribution < -0.4 is 0 Å². The number of ketones is 1. The van der Waals surface area contributed by atoms with Gasteiger partial charge in [-0.15, -0.1) is 0 Å². The van der Waals surface area contributed by atoms with E-state index >= 15 is 0 Å². The van der Waals surface area contributed by atoms with Crippen molar-refractivity contribution >= 4 is 11.8 Å². The van der Waals surface area contributed by atoms with Crippen LogP contribution >= 0.6 is 0 Å². The Hall–Kier alpha value is -1.12. The summed E-state index contributed by atoms with van der Waals surface area (Å²) in [6.07, 6.45) is 4.13. The van der Waals surface area contributed by atoms with E-state index in [0.29, 0.717) is 12.0 Å². The molecule has 0 amide bonds. The van der Waals surface area contributed by atoms with E-state index in [1.165, 1.54) is 0 Å². The van der Waals surface area contributed by atoms with E-state index in [9.17, 15) is 9.59 Å². The van der Waals surface area contributed by atoms with Gasteiger partial charge in [-0.05, 0) is 24.8 Å². The van der Waals surface area contributed by atoms with Gasteiger partial charge in [0.2, 0.25) is 0 Å². The zero-order chi connectivity index (χ0) is 9.84. The molecule has 0 spiro atoms. The molecular formula is C10H14O3. The summed E-state index contributed by atoms with van der Waals surface area (Å²) in [6.45, 7) is 1.90. The number of carboxylic acids is 1. The smallest absolute Gasteiger partial charge is 0.303 e. The van der Waals surface area contributed by atoms with Crippen LogP contribution in [-0.4, -0.2) is 16.9 Å². The van der Waals surface area contributed by atoms with Crippen LogP contribution in [0, 0.1) is 5.92 Å². The Labute approximate surface area is 77.4 Å². The molecule has 0 saturated heterocycles. The molecule has 0 aliphatic heterocycles. The Balaban J connectivity index is 2.53. The fourth-order valence-electron chi connectivity index (χ4n) is 1.52. The van der Waals surface area contributed by atoms with Crippen molar-refractivity contribution in [3.8, 4) is 0 Å². The highest BCUT2D eigenvalue weighted by Crippen LogP contribution is 2.22. The zero-order valence-electron chi connectivity index (χ0n) is 7.75. The highest BCUT2D eigenvalue weighted by atomic mass is 16.4. The third-order valence-corrected chi connectivity index (χ3v) is 2.36. The predicted octanol–water partition coefficient (Wildman–Crippen LogP) is 1.78. The first-order chi connectivity index (χ1) is 6.11. The molecule has 13 heavy (non-hydrogen) atoms. The number of carbonyl (C=O) groups excluding carboxylic acids is 1. The minimum atomic E-state index is -0.841. The van der Waals surface area contributed by atoms with E-state index in [1.807, 2.05) is 13.0 Å². The summed E-state index contributed by atoms with van der Waals surface area (Å²) in [6, 6.07) is 0. The summed E-state index contributed by atoms with van der Waals surface area (Å²) < 4.78 is 0. The SMILES string of the molecule is CC1CCC=C(CCC(=O)O)C1=O. The molecular weight excluding hydrogens is 168 g/mol. The van der Waals surface area contributed by atoms with Crippen LogP contribution in [0.4, 0.5) is 0 Å². The molecule has 0 aromatic rings. The van der Waals surface area contributed by atoms with Crippen LogP contribution in [0.25, 0.3) is 0 Å². The Morgan fingerprint density at radius 2 is 2.38 bits per heavy atom. The number of rotatable bonds is 3. The number of Topliss-reactive ketones (excluding diaryl/α,β-unsaturated/α-hetero) is 1. The minimum Gasteiger partial charge on any atom is -0.481 e. The molecule has 1 atom stereocenters. The maximum atomic E-state index is 11.5. The normalized spacial score (nSPS) is 22.7. The molecule has 0 aromatic carbocycles. The Bertz CT molecular complexity index is 253. The zero-order valence-corrected chi connectivity index (χ0v) is 7.75. The third kappa shape index (κ3) is 2.68. The maximum absolute atomic E-state index is 11.5. The molecule has 0 radical (unpaired) electrons. The van der Waals surface area contributed by atoms with Crippen LogP contribution in [0.5, 0.6) is 0 Å². The molecule has 3 nitrogen and oxygen atoms in total. The maximum Gasteiger partial charge on any atom is 0.303 e. The van der Waals surface area contributed by atoms with Crippen LogP contribution in [0.2, 0.25) is 0 Å². The van der Waals surface area contributed by atoms with Gasteiger partial charge in [0.15, 0.2) is 5.78 Å². The van der Waals surface area contributed by atoms with Gasteiger partial charge in [0.25, 0.3) is 0 Å². The lowest BCUT2D eigenvalue weighted by molar-refractivity contribution is -0.136. The number of hydrogen-bond acceptors (Lipinski definition) is 2. The third-order valence-electron chi connectivity index (χ3n) is 2.36. The first-order valence-electron chi connectivity index (χ1n) is 4.56. The Kier molecular flexibility index (Phi) is 3.23. The van der Waals surface area contributed by atoms with E-state index in [4.69, 9.17) is 5.11 Å². The first-order valence-corrected chi connectivity index (χ1v) is 4.56. The van der Waals surface area contributed by atoms with Gasteiger partial charge in [0.1, 0.15) is 0 Å². The molecule has 0 heterocycles. The van der Waals surface area contributed by atoms with Crippen molar-refractivity contribution in [2.45, 2.75) is 32.6 Å². The summed E-state index contributed by atoms with van der Waals surface area (Å²) in [5, 5.41) is 8.46. The second kappa shape index (κ2) is 4.21. The predicted molar refractivity (Wildman–Crippen MR) is 48.4 cm³/mol. The summed E-state index contributed by atoms with van der Waals surface area (Å²) in [7, 11) is 0. The number of hydrogen-bond donors (Lipinski definition) is 1. The van der Waals surface area contributed by atoms with Crippen LogP contribution in [0.15, 0.2) is 11.6 Å². The topological polar surface area (TPSA) is 54.4 Å². The van der Waals surface area contributed by atoms with E-state index < -0.39 is 5.97 Å². The van der Waals surface area contributed by atoms with E-state index in [1.54, 1.807) is 0 Å². The van der Waals surface area contributed by atoms with Crippen LogP contribution in [0.3, 0.4) is 0 Å². The van der Waals surface area contributed by atoms with Crippen molar-refractivity contribution < 1.29 is 14.7 Å². The molecule has 0 fully saturated rings. The van der Waals surface area contributed by atoms with Crippen LogP contribution in [-0.2, 0) is 9.59 Å². The molecule has 0 bridgehead atoms. The second-order valence-electron chi connectivity index (χ2n) is 3.47. The summed E-state index contributed by atoms with van der Waals surface area (Å²) in [5.74, 6) is -0.631. The van der Waals surface area contributed by atoms with Crippen molar-refractivity contribution in [2.75, 3.05) is 0 Å². The monoisotopic (exact) mass is 182 g/mol. The number of allylic oxidation sites excluding steroid dienone is 2. The van der Waals surface area contributed by atoms with Crippen molar-refractivity contribution in [3.05, 3.63) is 11.6 Å². The van der Waals surface area contributed by atoms with E-state index in [2.05, 4.69) is 0 Å². The molecule has 3 heteroatoms. The Morgan fingerprint density at radius 1 is 1.69 bits per heavy atom. The average Bonchev–Trinajstić information content (AvgIpc) is 2.07. The summed E-state index contributed by atoms with van der Waals surface area (Å²) in [4.78, 5) is 21.8. The molecule has 1 N–H and O–H groups in total. The van der Waals surface area contributed by atoms with Crippen molar-refractivity contribution in [1.29, 1.82) is 0 Å². The molecule has 1 rings (SSSR count). The van der Waals surface area contributed by atoms with Gasteiger partial charge in [0.05, 0.1) is 0 Å². The van der Waals surface area contributed by atoms with Gasteiger partial charge < -0.3 is 5.11 Å². The van der Waals surface area contributed by atoms with Crippen molar-refractivity contribution in [3.63, 3.8) is 0 Å². The molecule has 72 valence electrons. The lowest BCUT2D eigenvalue weighted by Crippen LogP contribution is -2.18. The second-order valence-corrected chi connectivity index (χ2v) is 3.47. The molecule has 0 aromatic heterocycles. The fraction of sp³-hybridized carbons (Fsp3) is 0.600. The van der Waals surface area contributed by atoms with Gasteiger partial charge in [-0.25, -0.2) is 0 Å². The summed E-state index contributed by atoms with van der Waals surface area (Å²) >= 11 is 0. The minimum absolute atomic E-state index is 0.0598. The van der Waals surface area contributed by atoms with Gasteiger partial charge >= 0.3 is 5.97 Å². The van der Waals surface area contributed by atoms with Gasteiger partial charge in [0, 0.05) is 12.3 Å². The quantitative estimate of drug-likeness (QED) is 0.723. The number of carbonyl (C=O) groups is 2. The highest BCUT2D eigenvalue weighted by Gasteiger charge is 2.21. The number of carboxylic acid groups (broad SMARTS) is 1. The lowest BCUT2D eigenvalue weighted by atomic mass is 9.87. The first kappa shape index (κ1) is 9.96. The molecule has 1 unspecified atom stereocenters. The summed E-state index contributed by atoms with van der Waals surface area (Å²) in [5.41, 5.74) is 0.709. The van der Waals surface area contributed by atoms with Gasteiger partial charge in [-0.2, -0.15) is 0 Å². The van der Waals surface area contributed by atoms with Crippen molar-refractivity contribution in [2.24, 2.45) is 5.92 Å². The number of aliphatic carboxylic acids is 1. The molecule has 0 saturated carbocycles. The van der Waals surface area contributed by atoms with E-state index in [0.717, 1.165) is 12.8 Å². The molecule has 1 aliphatic carbocycles. The highest BCUT2D eigenvalue weighted by molar-refractivity contribution is 5.97. The van der Waals surface area contributed by atoms with Gasteiger partial charge in [-0.1, -0.05) is 13.0 Å². The van der Waals surface area contributed by atoms with E-state index in [-0.39, 0.29) is 18.1 Å². The van der Waals surface area contributed by atoms with Crippen LogP contribution in [0.1, 0.15) is 32.6 Å². The van der Waals surface area contributed by atoms with Crippen molar-refractivity contribution in [1.82, 2.24) is 0 Å². The Morgan fingerprint density at radius 3 is 3.00 bits per heavy atom. The lowest BCUT2D eigenvalue weighted by Gasteiger charge is -2.16. The van der Waals surface area contributed by atoms with Gasteiger partial charge in [-0.3, -0.25) is 9.59 Å². The average molecular weight is 182 g/mol. The standard InChI is InChI=1S/C10H14O3/c1-7-3-2-4-8(10(7)13)5-6-9(11)12/h4,7H,2-3,5-6H2,1H3,(H,11,12). The largest absolute Gasteiger partial charge is 0.481 e. The fourth-order valence-corrected chi connectivity index (χ4v) is 1.52.